The number of fused-ring (bicyclic) bond motifs is 2. The van der Waals surface area contributed by atoms with Gasteiger partial charge in [0.2, 0.25) is 0 Å². The van der Waals surface area contributed by atoms with E-state index < -0.39 is 11.5 Å². The molecule has 1 N–H and O–H groups in total. The summed E-state index contributed by atoms with van der Waals surface area (Å²) in [5, 5.41) is 10.9. The summed E-state index contributed by atoms with van der Waals surface area (Å²) in [7, 11) is 0. The second-order valence-electron chi connectivity index (χ2n) is 9.46. The van der Waals surface area contributed by atoms with Gasteiger partial charge in [0.25, 0.3) is 0 Å². The van der Waals surface area contributed by atoms with Gasteiger partial charge in [-0.3, -0.25) is 4.79 Å². The van der Waals surface area contributed by atoms with Gasteiger partial charge >= 0.3 is 0 Å². The Morgan fingerprint density at radius 1 is 1.13 bits per heavy atom. The number of Topliss-reactive ketones (excluding diaryl/α,β-unsaturated/α-hetero) is 1. The first-order chi connectivity index (χ1) is 10.5. The summed E-state index contributed by atoms with van der Waals surface area (Å²) in [6, 6.07) is 0. The third-order valence-electron chi connectivity index (χ3n) is 8.22. The maximum absolute atomic E-state index is 13.1. The van der Waals surface area contributed by atoms with E-state index in [1.54, 1.807) is 6.08 Å². The molecule has 4 atom stereocenters. The van der Waals surface area contributed by atoms with Gasteiger partial charge in [0, 0.05) is 11.0 Å². The van der Waals surface area contributed by atoms with Crippen LogP contribution in [0.15, 0.2) is 23.8 Å². The van der Waals surface area contributed by atoms with E-state index in [1.807, 2.05) is 6.92 Å². The quantitative estimate of drug-likeness (QED) is 0.704. The molecule has 0 unspecified atom stereocenters. The third kappa shape index (κ3) is 1.94. The standard InChI is InChI=1S/C21H32O2/c1-7-19(4)12-9-14-16(17(19)23)15(22)13-21(6)18(2,3)10-8-11-20(14,21)5/h7,15,22H,1,8-13H2,2-6H3/t15-,19+,20+,21-/m0/s1. The summed E-state index contributed by atoms with van der Waals surface area (Å²) >= 11 is 0. The molecule has 0 amide bonds. The Bertz CT molecular complexity index is 599. The van der Waals surface area contributed by atoms with Gasteiger partial charge in [0.05, 0.1) is 6.10 Å². The largest absolute Gasteiger partial charge is 0.388 e. The molecular weight excluding hydrogens is 284 g/mol. The lowest BCUT2D eigenvalue weighted by atomic mass is 9.40. The molecule has 2 heteroatoms. The molecule has 0 saturated heterocycles. The molecule has 0 spiro atoms. The zero-order chi connectivity index (χ0) is 17.3. The van der Waals surface area contributed by atoms with Crippen LogP contribution in [0.2, 0.25) is 0 Å². The molecule has 3 rings (SSSR count). The minimum absolute atomic E-state index is 0.0292. The minimum Gasteiger partial charge on any atom is -0.388 e. The highest BCUT2D eigenvalue weighted by atomic mass is 16.3. The number of hydrogen-bond donors (Lipinski definition) is 1. The Morgan fingerprint density at radius 2 is 1.78 bits per heavy atom. The van der Waals surface area contributed by atoms with Crippen molar-refractivity contribution in [2.75, 3.05) is 0 Å². The fourth-order valence-corrected chi connectivity index (χ4v) is 5.85. The van der Waals surface area contributed by atoms with Crippen LogP contribution >= 0.6 is 0 Å². The molecule has 0 heterocycles. The monoisotopic (exact) mass is 316 g/mol. The van der Waals surface area contributed by atoms with E-state index in [2.05, 4.69) is 34.3 Å². The SMILES string of the molecule is C=C[C@]1(C)CCC2=C(C1=O)[C@@H](O)C[C@@]1(C)C(C)(C)CCC[C@]21C. The van der Waals surface area contributed by atoms with Gasteiger partial charge < -0.3 is 5.11 Å². The molecule has 23 heavy (non-hydrogen) atoms. The van der Waals surface area contributed by atoms with Crippen LogP contribution in [0.4, 0.5) is 0 Å². The lowest BCUT2D eigenvalue weighted by molar-refractivity contribution is -0.133. The summed E-state index contributed by atoms with van der Waals surface area (Å²) < 4.78 is 0. The van der Waals surface area contributed by atoms with Crippen molar-refractivity contribution < 1.29 is 9.90 Å². The lowest BCUT2D eigenvalue weighted by Gasteiger charge is -2.64. The van der Waals surface area contributed by atoms with Gasteiger partial charge in [0.15, 0.2) is 5.78 Å². The van der Waals surface area contributed by atoms with Gasteiger partial charge in [-0.25, -0.2) is 0 Å². The van der Waals surface area contributed by atoms with Gasteiger partial charge in [-0.05, 0) is 55.3 Å². The zero-order valence-corrected chi connectivity index (χ0v) is 15.5. The molecule has 1 saturated carbocycles. The molecule has 0 aliphatic heterocycles. The van der Waals surface area contributed by atoms with E-state index in [4.69, 9.17) is 0 Å². The van der Waals surface area contributed by atoms with Crippen LogP contribution in [0.1, 0.15) is 73.1 Å². The fourth-order valence-electron chi connectivity index (χ4n) is 5.85. The number of rotatable bonds is 1. The molecule has 128 valence electrons. The summed E-state index contributed by atoms with van der Waals surface area (Å²) in [5.74, 6) is 0.118. The maximum atomic E-state index is 13.1. The summed E-state index contributed by atoms with van der Waals surface area (Å²) in [6.45, 7) is 15.3. The third-order valence-corrected chi connectivity index (χ3v) is 8.22. The number of hydrogen-bond acceptors (Lipinski definition) is 2. The van der Waals surface area contributed by atoms with Crippen LogP contribution in [0.3, 0.4) is 0 Å². The average molecular weight is 316 g/mol. The molecule has 0 aromatic rings. The second kappa shape index (κ2) is 4.81. The molecule has 2 nitrogen and oxygen atoms in total. The molecule has 0 radical (unpaired) electrons. The molecule has 3 aliphatic rings. The normalized spacial score (nSPS) is 46.2. The van der Waals surface area contributed by atoms with Crippen molar-refractivity contribution in [3.05, 3.63) is 23.8 Å². The van der Waals surface area contributed by atoms with Crippen LogP contribution in [-0.2, 0) is 4.79 Å². The van der Waals surface area contributed by atoms with Crippen molar-refractivity contribution in [2.45, 2.75) is 79.2 Å². The van der Waals surface area contributed by atoms with Crippen LogP contribution in [0, 0.1) is 21.7 Å². The molecule has 0 aromatic carbocycles. The molecule has 3 aliphatic carbocycles. The van der Waals surface area contributed by atoms with E-state index in [0.29, 0.717) is 6.42 Å². The van der Waals surface area contributed by atoms with Crippen molar-refractivity contribution in [2.24, 2.45) is 21.7 Å². The van der Waals surface area contributed by atoms with Crippen molar-refractivity contribution in [1.82, 2.24) is 0 Å². The van der Waals surface area contributed by atoms with E-state index in [1.165, 1.54) is 18.4 Å². The summed E-state index contributed by atoms with van der Waals surface area (Å²) in [4.78, 5) is 13.1. The smallest absolute Gasteiger partial charge is 0.171 e. The number of ketones is 1. The first-order valence-electron chi connectivity index (χ1n) is 9.12. The highest BCUT2D eigenvalue weighted by Crippen LogP contribution is 2.69. The molecule has 0 bridgehead atoms. The van der Waals surface area contributed by atoms with E-state index in [9.17, 15) is 9.90 Å². The first-order valence-corrected chi connectivity index (χ1v) is 9.12. The predicted octanol–water partition coefficient (Wildman–Crippen LogP) is 4.83. The fraction of sp³-hybridized carbons (Fsp3) is 0.762. The van der Waals surface area contributed by atoms with E-state index >= 15 is 0 Å². The lowest BCUT2D eigenvalue weighted by Crippen LogP contribution is -2.58. The van der Waals surface area contributed by atoms with Gasteiger partial charge in [-0.2, -0.15) is 0 Å². The van der Waals surface area contributed by atoms with Crippen LogP contribution in [0.5, 0.6) is 0 Å². The van der Waals surface area contributed by atoms with E-state index in [0.717, 1.165) is 24.8 Å². The number of carbonyl (C=O) groups is 1. The van der Waals surface area contributed by atoms with Crippen molar-refractivity contribution in [1.29, 1.82) is 0 Å². The van der Waals surface area contributed by atoms with Crippen LogP contribution in [0.25, 0.3) is 0 Å². The number of aliphatic hydroxyl groups is 1. The summed E-state index contributed by atoms with van der Waals surface area (Å²) in [6.07, 6.45) is 7.16. The first kappa shape index (κ1) is 17.0. The predicted molar refractivity (Wildman–Crippen MR) is 94.0 cm³/mol. The number of allylic oxidation sites excluding steroid dienone is 2. The molecular formula is C21H32O2. The highest BCUT2D eigenvalue weighted by Gasteiger charge is 2.62. The Balaban J connectivity index is 2.20. The Hall–Kier alpha value is -0.890. The van der Waals surface area contributed by atoms with Crippen LogP contribution in [-0.4, -0.2) is 17.0 Å². The van der Waals surface area contributed by atoms with Gasteiger partial charge in [-0.1, -0.05) is 45.8 Å². The van der Waals surface area contributed by atoms with Crippen molar-refractivity contribution >= 4 is 5.78 Å². The van der Waals surface area contributed by atoms with Gasteiger partial charge in [0.1, 0.15) is 0 Å². The number of aliphatic hydroxyl groups excluding tert-OH is 1. The van der Waals surface area contributed by atoms with Gasteiger partial charge in [-0.15, -0.1) is 6.58 Å². The average Bonchev–Trinajstić information content (AvgIpc) is 2.46. The van der Waals surface area contributed by atoms with Crippen molar-refractivity contribution in [3.63, 3.8) is 0 Å². The van der Waals surface area contributed by atoms with Crippen molar-refractivity contribution in [3.8, 4) is 0 Å². The Labute approximate surface area is 141 Å². The maximum Gasteiger partial charge on any atom is 0.171 e. The Morgan fingerprint density at radius 3 is 2.39 bits per heavy atom. The summed E-state index contributed by atoms with van der Waals surface area (Å²) in [5.41, 5.74) is 1.74. The number of carbonyl (C=O) groups excluding carboxylic acids is 1. The molecule has 0 aromatic heterocycles. The topological polar surface area (TPSA) is 37.3 Å². The van der Waals surface area contributed by atoms with E-state index in [-0.39, 0.29) is 22.0 Å². The van der Waals surface area contributed by atoms with Crippen LogP contribution < -0.4 is 0 Å². The molecule has 1 fully saturated rings. The minimum atomic E-state index is -0.618. The second-order valence-corrected chi connectivity index (χ2v) is 9.46. The highest BCUT2D eigenvalue weighted by molar-refractivity contribution is 6.03. The zero-order valence-electron chi connectivity index (χ0n) is 15.5. The Kier molecular flexibility index (Phi) is 3.55.